The van der Waals surface area contributed by atoms with E-state index in [-0.39, 0.29) is 18.8 Å². The lowest BCUT2D eigenvalue weighted by Crippen LogP contribution is -2.45. The second-order valence-corrected chi connectivity index (χ2v) is 7.35. The summed E-state index contributed by atoms with van der Waals surface area (Å²) in [5.41, 5.74) is -0.933. The summed E-state index contributed by atoms with van der Waals surface area (Å²) in [5, 5.41) is 2.59. The van der Waals surface area contributed by atoms with E-state index in [2.05, 4.69) is 15.2 Å². The average molecular weight is 424 g/mol. The van der Waals surface area contributed by atoms with Crippen molar-refractivity contribution in [3.05, 3.63) is 58.1 Å². The van der Waals surface area contributed by atoms with Crippen LogP contribution in [0.2, 0.25) is 0 Å². The number of hydrogen-bond donors (Lipinski definition) is 1. The van der Waals surface area contributed by atoms with Gasteiger partial charge in [-0.3, -0.25) is 9.59 Å². The van der Waals surface area contributed by atoms with Gasteiger partial charge in [0.1, 0.15) is 12.4 Å². The Morgan fingerprint density at radius 1 is 1.20 bits per heavy atom. The highest BCUT2D eigenvalue weighted by atomic mass is 19.4. The number of rotatable bonds is 5. The molecule has 3 heterocycles. The number of alkyl halides is 3. The maximum Gasteiger partial charge on any atom is 0.417 e. The molecule has 0 aliphatic carbocycles. The third-order valence-corrected chi connectivity index (χ3v) is 4.67. The van der Waals surface area contributed by atoms with Gasteiger partial charge in [0.05, 0.1) is 17.8 Å². The van der Waals surface area contributed by atoms with Crippen molar-refractivity contribution in [2.24, 2.45) is 0 Å². The third-order valence-electron chi connectivity index (χ3n) is 4.67. The molecule has 3 rings (SSSR count). The minimum atomic E-state index is -4.59. The largest absolute Gasteiger partial charge is 0.417 e. The van der Waals surface area contributed by atoms with Crippen LogP contribution in [0.15, 0.2) is 41.5 Å². The normalized spacial score (nSPS) is 19.6. The van der Waals surface area contributed by atoms with Gasteiger partial charge in [-0.25, -0.2) is 4.98 Å². The highest BCUT2D eigenvalue weighted by Gasteiger charge is 2.31. The van der Waals surface area contributed by atoms with E-state index < -0.39 is 29.8 Å². The van der Waals surface area contributed by atoms with Crippen LogP contribution in [0.4, 0.5) is 19.0 Å². The maximum atomic E-state index is 12.8. The molecule has 0 bridgehead atoms. The monoisotopic (exact) mass is 424 g/mol. The summed E-state index contributed by atoms with van der Waals surface area (Å²) in [6.45, 7) is 5.12. The number of aromatic nitrogens is 2. The van der Waals surface area contributed by atoms with Gasteiger partial charge in [-0.15, -0.1) is 0 Å². The van der Waals surface area contributed by atoms with Crippen molar-refractivity contribution < 1.29 is 22.7 Å². The van der Waals surface area contributed by atoms with Crippen LogP contribution < -0.4 is 15.8 Å². The van der Waals surface area contributed by atoms with Gasteiger partial charge in [0.2, 0.25) is 5.91 Å². The van der Waals surface area contributed by atoms with Crippen LogP contribution in [0.5, 0.6) is 0 Å². The van der Waals surface area contributed by atoms with Crippen molar-refractivity contribution in [3.63, 3.8) is 0 Å². The molecule has 30 heavy (non-hydrogen) atoms. The van der Waals surface area contributed by atoms with Crippen molar-refractivity contribution in [1.82, 2.24) is 14.9 Å². The summed E-state index contributed by atoms with van der Waals surface area (Å²) in [5.74, 6) is 0.235. The first-order valence-electron chi connectivity index (χ1n) is 9.51. The van der Waals surface area contributed by atoms with Gasteiger partial charge >= 0.3 is 6.18 Å². The predicted octanol–water partition coefficient (Wildman–Crippen LogP) is 2.19. The molecule has 1 N–H and O–H groups in total. The summed E-state index contributed by atoms with van der Waals surface area (Å²) in [6, 6.07) is 5.17. The molecule has 0 aromatic carbocycles. The third kappa shape index (κ3) is 5.59. The van der Waals surface area contributed by atoms with Crippen LogP contribution in [0, 0.1) is 0 Å². The molecule has 0 radical (unpaired) electrons. The number of morpholine rings is 1. The van der Waals surface area contributed by atoms with E-state index in [0.717, 1.165) is 35.1 Å². The fourth-order valence-corrected chi connectivity index (χ4v) is 3.31. The Morgan fingerprint density at radius 2 is 1.90 bits per heavy atom. The number of amides is 1. The summed E-state index contributed by atoms with van der Waals surface area (Å²) in [4.78, 5) is 30.4. The molecule has 10 heteroatoms. The van der Waals surface area contributed by atoms with Crippen LogP contribution in [-0.4, -0.2) is 40.8 Å². The van der Waals surface area contributed by atoms with Gasteiger partial charge in [-0.1, -0.05) is 6.07 Å². The number of carbonyl (C=O) groups is 1. The minimum Gasteiger partial charge on any atom is -0.372 e. The molecule has 2 unspecified atom stereocenters. The van der Waals surface area contributed by atoms with Crippen molar-refractivity contribution in [1.29, 1.82) is 0 Å². The maximum absolute atomic E-state index is 12.8. The fourth-order valence-electron chi connectivity index (χ4n) is 3.31. The zero-order chi connectivity index (χ0) is 21.9. The molecule has 0 saturated carbocycles. The van der Waals surface area contributed by atoms with Gasteiger partial charge in [-0.05, 0) is 31.5 Å². The van der Waals surface area contributed by atoms with E-state index in [1.54, 1.807) is 6.20 Å². The molecule has 2 atom stereocenters. The fraction of sp³-hybridized carbons (Fsp3) is 0.450. The van der Waals surface area contributed by atoms with Gasteiger partial charge in [0, 0.05) is 38.1 Å². The van der Waals surface area contributed by atoms with Crippen molar-refractivity contribution in [2.45, 2.75) is 45.3 Å². The molecule has 0 spiro atoms. The van der Waals surface area contributed by atoms with E-state index in [0.29, 0.717) is 12.3 Å². The van der Waals surface area contributed by atoms with Gasteiger partial charge in [-0.2, -0.15) is 13.2 Å². The molecular weight excluding hydrogens is 401 g/mol. The Labute approximate surface area is 171 Å². The van der Waals surface area contributed by atoms with Crippen LogP contribution >= 0.6 is 0 Å². The van der Waals surface area contributed by atoms with E-state index in [9.17, 15) is 22.8 Å². The topological polar surface area (TPSA) is 76.5 Å². The van der Waals surface area contributed by atoms with Crippen LogP contribution in [-0.2, 0) is 28.8 Å². The Hall–Kier alpha value is -2.88. The van der Waals surface area contributed by atoms with Gasteiger partial charge < -0.3 is 19.5 Å². The van der Waals surface area contributed by atoms with Crippen LogP contribution in [0.25, 0.3) is 0 Å². The molecule has 1 fully saturated rings. The summed E-state index contributed by atoms with van der Waals surface area (Å²) in [6.07, 6.45) is -2.10. The van der Waals surface area contributed by atoms with Crippen molar-refractivity contribution >= 4 is 11.7 Å². The lowest BCUT2D eigenvalue weighted by molar-refractivity contribution is -0.138. The number of halogens is 3. The summed E-state index contributed by atoms with van der Waals surface area (Å²) >= 11 is 0. The number of hydrogen-bond acceptors (Lipinski definition) is 5. The van der Waals surface area contributed by atoms with E-state index in [4.69, 9.17) is 4.74 Å². The zero-order valence-electron chi connectivity index (χ0n) is 16.6. The minimum absolute atomic E-state index is 0.105. The summed E-state index contributed by atoms with van der Waals surface area (Å²) < 4.78 is 44.8. The lowest BCUT2D eigenvalue weighted by Gasteiger charge is -2.36. The molecule has 1 aliphatic heterocycles. The number of anilines is 1. The van der Waals surface area contributed by atoms with Crippen molar-refractivity contribution in [3.8, 4) is 0 Å². The first-order chi connectivity index (χ1) is 14.1. The van der Waals surface area contributed by atoms with Crippen molar-refractivity contribution in [2.75, 3.05) is 18.0 Å². The highest BCUT2D eigenvalue weighted by molar-refractivity contribution is 5.75. The summed E-state index contributed by atoms with van der Waals surface area (Å²) in [7, 11) is 0. The van der Waals surface area contributed by atoms with E-state index in [1.165, 1.54) is 0 Å². The molecule has 2 aromatic heterocycles. The Balaban J connectivity index is 1.57. The second-order valence-electron chi connectivity index (χ2n) is 7.35. The van der Waals surface area contributed by atoms with E-state index >= 15 is 0 Å². The number of pyridine rings is 2. The number of nitrogens with zero attached hydrogens (tertiary/aromatic N) is 3. The predicted molar refractivity (Wildman–Crippen MR) is 104 cm³/mol. The quantitative estimate of drug-likeness (QED) is 0.797. The SMILES string of the molecule is CC1CN(c2ccc(CNC(=O)Cn3cc(C(F)(F)F)ccc3=O)cn2)CC(C)O1. The molecular formula is C20H23F3N4O3. The molecule has 1 aliphatic rings. The molecule has 2 aromatic rings. The van der Waals surface area contributed by atoms with Crippen LogP contribution in [0.3, 0.4) is 0 Å². The van der Waals surface area contributed by atoms with Crippen LogP contribution in [0.1, 0.15) is 25.0 Å². The van der Waals surface area contributed by atoms with E-state index in [1.807, 2.05) is 26.0 Å². The second kappa shape index (κ2) is 8.86. The zero-order valence-corrected chi connectivity index (χ0v) is 16.6. The molecule has 1 saturated heterocycles. The Kier molecular flexibility index (Phi) is 6.45. The Bertz CT molecular complexity index is 934. The van der Waals surface area contributed by atoms with Gasteiger partial charge in [0.15, 0.2) is 0 Å². The number of ether oxygens (including phenoxy) is 1. The molecule has 7 nitrogen and oxygen atoms in total. The first kappa shape index (κ1) is 21.8. The highest BCUT2D eigenvalue weighted by Crippen LogP contribution is 2.28. The first-order valence-corrected chi connectivity index (χ1v) is 9.51. The number of nitrogens with one attached hydrogen (secondary N) is 1. The standard InChI is InChI=1S/C20H23F3N4O3/c1-13-9-26(10-14(2)30-13)17-5-3-15(7-24-17)8-25-18(28)12-27-11-16(20(21,22)23)4-6-19(27)29/h3-7,11,13-14H,8-10,12H2,1-2H3,(H,25,28). The Morgan fingerprint density at radius 3 is 2.50 bits per heavy atom. The average Bonchev–Trinajstić information content (AvgIpc) is 2.67. The molecule has 162 valence electrons. The number of carbonyl (C=O) groups excluding carboxylic acids is 1. The van der Waals surface area contributed by atoms with Gasteiger partial charge in [0.25, 0.3) is 5.56 Å². The lowest BCUT2D eigenvalue weighted by atomic mass is 10.2. The smallest absolute Gasteiger partial charge is 0.372 e. The molecule has 1 amide bonds.